The molecule has 0 atom stereocenters. The first-order valence-corrected chi connectivity index (χ1v) is 12.8. The molecule has 0 spiro atoms. The second kappa shape index (κ2) is 9.76. The molecule has 1 fully saturated rings. The molecule has 5 nitrogen and oxygen atoms in total. The van der Waals surface area contributed by atoms with Crippen LogP contribution in [0.3, 0.4) is 0 Å². The Labute approximate surface area is 216 Å². The quantitative estimate of drug-likeness (QED) is 0.237. The largest absolute Gasteiger partial charge is 0.492 e. The number of benzene rings is 3. The van der Waals surface area contributed by atoms with E-state index < -0.39 is 0 Å². The van der Waals surface area contributed by atoms with E-state index in [1.165, 1.54) is 16.0 Å². The van der Waals surface area contributed by atoms with Crippen molar-refractivity contribution in [2.45, 2.75) is 20.4 Å². The average molecular weight is 547 g/mol. The molecule has 1 aromatic heterocycles. The van der Waals surface area contributed by atoms with Gasteiger partial charge in [0.2, 0.25) is 0 Å². The maximum Gasteiger partial charge on any atom is 0.298 e. The first kappa shape index (κ1) is 23.5. The number of carbonyl (C=O) groups is 2. The van der Waals surface area contributed by atoms with E-state index >= 15 is 0 Å². The van der Waals surface area contributed by atoms with Crippen LogP contribution in [0, 0.1) is 13.8 Å². The molecule has 0 radical (unpaired) electrons. The van der Waals surface area contributed by atoms with Gasteiger partial charge >= 0.3 is 0 Å². The molecule has 1 aliphatic heterocycles. The van der Waals surface area contributed by atoms with Gasteiger partial charge in [-0.05, 0) is 85.3 Å². The number of anilines is 1. The molecule has 35 heavy (non-hydrogen) atoms. The van der Waals surface area contributed by atoms with E-state index in [2.05, 4.69) is 46.5 Å². The number of imide groups is 1. The van der Waals surface area contributed by atoms with Gasteiger partial charge in [0.1, 0.15) is 12.4 Å². The van der Waals surface area contributed by atoms with Gasteiger partial charge in [0.15, 0.2) is 0 Å². The number of fused-ring (bicyclic) bond motifs is 1. The van der Waals surface area contributed by atoms with Gasteiger partial charge < -0.3 is 9.30 Å². The Bertz CT molecular complexity index is 1480. The topological polar surface area (TPSA) is 51.5 Å². The highest BCUT2D eigenvalue weighted by atomic mass is 79.9. The minimum absolute atomic E-state index is 0.292. The van der Waals surface area contributed by atoms with Gasteiger partial charge in [0, 0.05) is 27.1 Å². The van der Waals surface area contributed by atoms with Crippen LogP contribution < -0.4 is 9.64 Å². The van der Waals surface area contributed by atoms with Crippen LogP contribution in [0.15, 0.2) is 82.3 Å². The fourth-order valence-electron chi connectivity index (χ4n) is 4.07. The number of rotatable bonds is 6. The Morgan fingerprint density at radius 1 is 0.971 bits per heavy atom. The number of para-hydroxylation sites is 1. The lowest BCUT2D eigenvalue weighted by Crippen LogP contribution is -2.27. The molecule has 0 unspecified atom stereocenters. The van der Waals surface area contributed by atoms with Crippen LogP contribution in [-0.4, -0.2) is 22.3 Å². The molecular weight excluding hydrogens is 524 g/mol. The Morgan fingerprint density at radius 3 is 2.54 bits per heavy atom. The van der Waals surface area contributed by atoms with Crippen LogP contribution in [0.1, 0.15) is 16.7 Å². The van der Waals surface area contributed by atoms with Crippen molar-refractivity contribution < 1.29 is 14.3 Å². The number of hydrogen-bond donors (Lipinski definition) is 0. The highest BCUT2D eigenvalue weighted by Gasteiger charge is 2.36. The monoisotopic (exact) mass is 546 g/mol. The third kappa shape index (κ3) is 4.79. The number of ether oxygens (including phenoxy) is 1. The molecule has 5 rings (SSSR count). The molecule has 176 valence electrons. The summed E-state index contributed by atoms with van der Waals surface area (Å²) in [6.07, 6.45) is 3.82. The van der Waals surface area contributed by atoms with Crippen molar-refractivity contribution in [1.82, 2.24) is 4.57 Å². The first-order chi connectivity index (χ1) is 16.9. The van der Waals surface area contributed by atoms with Gasteiger partial charge in [-0.1, -0.05) is 40.2 Å². The van der Waals surface area contributed by atoms with Crippen molar-refractivity contribution in [2.75, 3.05) is 11.5 Å². The lowest BCUT2D eigenvalue weighted by atomic mass is 10.1. The highest BCUT2D eigenvalue weighted by Crippen LogP contribution is 2.37. The SMILES string of the molecule is Cc1ccc(OCCn2cc(/C=C3\SC(=O)N(c4ccccc4)C3=O)c3cc(Br)ccc32)cc1C. The maximum absolute atomic E-state index is 13.1. The fraction of sp³-hybridized carbons (Fsp3) is 0.143. The van der Waals surface area contributed by atoms with Crippen molar-refractivity contribution >= 4 is 61.5 Å². The summed E-state index contributed by atoms with van der Waals surface area (Å²) in [5, 5.41) is 0.705. The summed E-state index contributed by atoms with van der Waals surface area (Å²) in [5.74, 6) is 0.544. The highest BCUT2D eigenvalue weighted by molar-refractivity contribution is 9.10. The summed E-state index contributed by atoms with van der Waals surface area (Å²) >= 11 is 4.52. The van der Waals surface area contributed by atoms with Crippen LogP contribution in [0.4, 0.5) is 10.5 Å². The summed E-state index contributed by atoms with van der Waals surface area (Å²) in [6, 6.07) is 21.2. The molecular formula is C28H23BrN2O3S. The number of amides is 2. The van der Waals surface area contributed by atoms with E-state index in [1.807, 2.05) is 54.7 Å². The predicted molar refractivity (Wildman–Crippen MR) is 146 cm³/mol. The minimum atomic E-state index is -0.305. The lowest BCUT2D eigenvalue weighted by Gasteiger charge is -2.11. The second-order valence-electron chi connectivity index (χ2n) is 8.39. The third-order valence-electron chi connectivity index (χ3n) is 6.05. The molecule has 0 N–H and O–H groups in total. The van der Waals surface area contributed by atoms with E-state index in [4.69, 9.17) is 4.74 Å². The molecule has 3 aromatic carbocycles. The predicted octanol–water partition coefficient (Wildman–Crippen LogP) is 7.34. The number of aryl methyl sites for hydroxylation is 2. The van der Waals surface area contributed by atoms with E-state index in [-0.39, 0.29) is 11.1 Å². The first-order valence-electron chi connectivity index (χ1n) is 11.2. The molecule has 1 aliphatic rings. The van der Waals surface area contributed by atoms with Crippen molar-refractivity contribution in [3.05, 3.63) is 99.0 Å². The molecule has 4 aromatic rings. The number of nitrogens with zero attached hydrogens (tertiary/aromatic N) is 2. The van der Waals surface area contributed by atoms with Crippen LogP contribution in [0.2, 0.25) is 0 Å². The van der Waals surface area contributed by atoms with E-state index in [0.717, 1.165) is 38.5 Å². The molecule has 0 bridgehead atoms. The van der Waals surface area contributed by atoms with Crippen molar-refractivity contribution in [1.29, 1.82) is 0 Å². The summed E-state index contributed by atoms with van der Waals surface area (Å²) in [7, 11) is 0. The summed E-state index contributed by atoms with van der Waals surface area (Å²) in [6.45, 7) is 5.31. The van der Waals surface area contributed by atoms with E-state index in [9.17, 15) is 9.59 Å². The average Bonchev–Trinajstić information content (AvgIpc) is 3.32. The van der Waals surface area contributed by atoms with E-state index in [0.29, 0.717) is 23.7 Å². The van der Waals surface area contributed by atoms with Crippen LogP contribution >= 0.6 is 27.7 Å². The van der Waals surface area contributed by atoms with Gasteiger partial charge in [-0.3, -0.25) is 9.59 Å². The number of hydrogen-bond acceptors (Lipinski definition) is 4. The van der Waals surface area contributed by atoms with Gasteiger partial charge in [-0.2, -0.15) is 0 Å². The van der Waals surface area contributed by atoms with E-state index in [1.54, 1.807) is 12.1 Å². The standard InChI is InChI=1S/C28H23BrN2O3S/c1-18-8-10-23(14-19(18)2)34-13-12-30-17-20(24-16-21(29)9-11-25(24)30)15-26-27(32)31(28(33)35-26)22-6-4-3-5-7-22/h3-11,14-17H,12-13H2,1-2H3/b26-15-. The van der Waals surface area contributed by atoms with Crippen LogP contribution in [0.25, 0.3) is 17.0 Å². The molecule has 7 heteroatoms. The lowest BCUT2D eigenvalue weighted by molar-refractivity contribution is -0.113. The zero-order valence-corrected chi connectivity index (χ0v) is 21.7. The maximum atomic E-state index is 13.1. The molecule has 1 saturated heterocycles. The second-order valence-corrected chi connectivity index (χ2v) is 10.3. The van der Waals surface area contributed by atoms with Crippen molar-refractivity contribution in [3.63, 3.8) is 0 Å². The molecule has 2 amide bonds. The Kier molecular flexibility index (Phi) is 6.54. The number of thioether (sulfide) groups is 1. The van der Waals surface area contributed by atoms with Gasteiger partial charge in [0.25, 0.3) is 11.1 Å². The third-order valence-corrected chi connectivity index (χ3v) is 7.41. The summed E-state index contributed by atoms with van der Waals surface area (Å²) in [4.78, 5) is 27.4. The Morgan fingerprint density at radius 2 is 1.77 bits per heavy atom. The van der Waals surface area contributed by atoms with Crippen molar-refractivity contribution in [3.8, 4) is 5.75 Å². The smallest absolute Gasteiger partial charge is 0.298 e. The molecule has 0 saturated carbocycles. The number of carbonyl (C=O) groups excluding carboxylic acids is 2. The summed E-state index contributed by atoms with van der Waals surface area (Å²) in [5.41, 5.74) is 4.93. The normalized spacial score (nSPS) is 14.9. The van der Waals surface area contributed by atoms with Crippen molar-refractivity contribution in [2.24, 2.45) is 0 Å². The van der Waals surface area contributed by atoms with Gasteiger partial charge in [0.05, 0.1) is 17.1 Å². The summed E-state index contributed by atoms with van der Waals surface area (Å²) < 4.78 is 9.07. The number of aromatic nitrogens is 1. The molecule has 0 aliphatic carbocycles. The Hall–Kier alpha value is -3.29. The Balaban J connectivity index is 1.42. The van der Waals surface area contributed by atoms with Gasteiger partial charge in [-0.25, -0.2) is 4.90 Å². The van der Waals surface area contributed by atoms with Gasteiger partial charge in [-0.15, -0.1) is 0 Å². The van der Waals surface area contributed by atoms with Crippen LogP contribution in [0.5, 0.6) is 5.75 Å². The fourth-order valence-corrected chi connectivity index (χ4v) is 5.26. The molecule has 2 heterocycles. The zero-order chi connectivity index (χ0) is 24.5. The van der Waals surface area contributed by atoms with Crippen LogP contribution in [-0.2, 0) is 11.3 Å². The zero-order valence-electron chi connectivity index (χ0n) is 19.3. The minimum Gasteiger partial charge on any atom is -0.492 e. The number of halogens is 1.